The van der Waals surface area contributed by atoms with Crippen LogP contribution in [0.4, 0.5) is 0 Å². The van der Waals surface area contributed by atoms with Crippen molar-refractivity contribution in [2.24, 2.45) is 10.8 Å². The number of rotatable bonds is 5. The van der Waals surface area contributed by atoms with Crippen LogP contribution in [0.1, 0.15) is 49.9 Å². The Kier molecular flexibility index (Phi) is 6.02. The summed E-state index contributed by atoms with van der Waals surface area (Å²) in [6, 6.07) is 45.1. The maximum absolute atomic E-state index is 2.55. The molecule has 0 aromatic heterocycles. The van der Waals surface area contributed by atoms with Crippen LogP contribution in [-0.4, -0.2) is 12.3 Å². The highest BCUT2D eigenvalue weighted by atomic mass is 31.1. The van der Waals surface area contributed by atoms with Gasteiger partial charge in [0.2, 0.25) is 0 Å². The van der Waals surface area contributed by atoms with E-state index in [0.29, 0.717) is 0 Å². The van der Waals surface area contributed by atoms with E-state index in [1.807, 2.05) is 0 Å². The molecule has 8 rings (SSSR count). The number of fused-ring (bicyclic) bond motifs is 4. The van der Waals surface area contributed by atoms with E-state index in [9.17, 15) is 0 Å². The average Bonchev–Trinajstić information content (AvgIpc) is 3.69. The van der Waals surface area contributed by atoms with Gasteiger partial charge in [-0.2, -0.15) is 0 Å². The van der Waals surface area contributed by atoms with Gasteiger partial charge in [0.25, 0.3) is 0 Å². The Bertz CT molecular complexity index is 1710. The van der Waals surface area contributed by atoms with E-state index >= 15 is 0 Å². The largest absolute Gasteiger partial charge is 0.0622 e. The topological polar surface area (TPSA) is 0 Å². The molecule has 2 heteroatoms. The van der Waals surface area contributed by atoms with Crippen LogP contribution in [0, 0.1) is 10.8 Å². The molecule has 42 heavy (non-hydrogen) atoms. The summed E-state index contributed by atoms with van der Waals surface area (Å²) >= 11 is 0. The van der Waals surface area contributed by atoms with Crippen LogP contribution in [0.15, 0.2) is 143 Å². The summed E-state index contributed by atoms with van der Waals surface area (Å²) in [4.78, 5) is 0. The average molecular weight is 579 g/mol. The minimum atomic E-state index is -0.456. The molecule has 4 bridgehead atoms. The molecule has 0 N–H and O–H groups in total. The fourth-order valence-electron chi connectivity index (χ4n) is 8.19. The lowest BCUT2D eigenvalue weighted by Crippen LogP contribution is -2.20. The highest BCUT2D eigenvalue weighted by molar-refractivity contribution is 7.79. The van der Waals surface area contributed by atoms with Crippen LogP contribution in [0.3, 0.4) is 0 Å². The smallest absolute Gasteiger partial charge is 0.0198 e. The van der Waals surface area contributed by atoms with Crippen molar-refractivity contribution in [3.8, 4) is 0 Å². The van der Waals surface area contributed by atoms with Crippen molar-refractivity contribution in [2.45, 2.75) is 27.7 Å². The standard InChI is InChI=1S/C40H36P2/c1-27-35(41-25-39(27,3)33(29-17-9-5-10-18-29)37(41)31-21-13-7-14-22-31)36-28(2)40(4)26-42(36)38(32-23-15-8-16-24-32)34(40)30-19-11-6-12-20-30/h5-24H,25-26H2,1-4H3/t39-,40-,41-,42-/m1/s1. The number of allylic oxidation sites excluding steroid dienone is 6. The molecule has 0 fully saturated rings. The fourth-order valence-corrected chi connectivity index (χ4v) is 16.4. The van der Waals surface area contributed by atoms with Crippen molar-refractivity contribution in [1.29, 1.82) is 0 Å². The zero-order valence-corrected chi connectivity index (χ0v) is 26.6. The van der Waals surface area contributed by atoms with Crippen molar-refractivity contribution >= 4 is 37.6 Å². The minimum Gasteiger partial charge on any atom is -0.0622 e. The Hall–Kier alpha value is -3.30. The molecule has 0 spiro atoms. The van der Waals surface area contributed by atoms with E-state index in [1.165, 1.54) is 34.6 Å². The van der Waals surface area contributed by atoms with Gasteiger partial charge in [-0.25, -0.2) is 0 Å². The highest BCUT2D eigenvalue weighted by Crippen LogP contribution is 2.87. The van der Waals surface area contributed by atoms with Crippen molar-refractivity contribution < 1.29 is 0 Å². The Balaban J connectivity index is 1.34. The molecule has 206 valence electrons. The van der Waals surface area contributed by atoms with Crippen LogP contribution >= 0.6 is 15.8 Å². The second-order valence-corrected chi connectivity index (χ2v) is 16.8. The second kappa shape index (κ2) is 9.61. The molecule has 0 radical (unpaired) electrons. The summed E-state index contributed by atoms with van der Waals surface area (Å²) < 4.78 is 0. The van der Waals surface area contributed by atoms with Crippen LogP contribution in [0.25, 0.3) is 21.8 Å². The first-order valence-corrected chi connectivity index (χ1v) is 18.2. The maximum atomic E-state index is 2.55. The van der Waals surface area contributed by atoms with Crippen LogP contribution in [0.2, 0.25) is 0 Å². The quantitative estimate of drug-likeness (QED) is 0.207. The van der Waals surface area contributed by atoms with E-state index in [-0.39, 0.29) is 10.8 Å². The molecule has 0 nitrogen and oxygen atoms in total. The molecule has 4 aliphatic rings. The Labute approximate surface area is 253 Å². The summed E-state index contributed by atoms with van der Waals surface area (Å²) in [6.45, 7) is 10.1. The van der Waals surface area contributed by atoms with Gasteiger partial charge in [-0.15, -0.1) is 0 Å². The van der Waals surface area contributed by atoms with E-state index in [2.05, 4.69) is 149 Å². The van der Waals surface area contributed by atoms with Gasteiger partial charge in [0.15, 0.2) is 0 Å². The predicted octanol–water partition coefficient (Wildman–Crippen LogP) is 11.7. The van der Waals surface area contributed by atoms with E-state index < -0.39 is 15.8 Å². The third kappa shape index (κ3) is 3.56. The van der Waals surface area contributed by atoms with E-state index in [1.54, 1.807) is 43.5 Å². The zero-order valence-electron chi connectivity index (χ0n) is 24.9. The first-order chi connectivity index (χ1) is 20.4. The Morgan fingerprint density at radius 3 is 1.00 bits per heavy atom. The van der Waals surface area contributed by atoms with Gasteiger partial charge in [-0.3, -0.25) is 0 Å². The van der Waals surface area contributed by atoms with E-state index in [4.69, 9.17) is 0 Å². The normalized spacial score (nSPS) is 28.1. The molecule has 4 atom stereocenters. The molecular weight excluding hydrogens is 542 g/mol. The van der Waals surface area contributed by atoms with Crippen LogP contribution < -0.4 is 0 Å². The van der Waals surface area contributed by atoms with Gasteiger partial charge >= 0.3 is 0 Å². The van der Waals surface area contributed by atoms with Gasteiger partial charge in [0.05, 0.1) is 0 Å². The number of hydrogen-bond acceptors (Lipinski definition) is 0. The molecule has 0 saturated carbocycles. The lowest BCUT2D eigenvalue weighted by molar-refractivity contribution is 0.623. The molecule has 0 unspecified atom stereocenters. The molecule has 4 aromatic carbocycles. The molecule has 4 heterocycles. The molecule has 0 aliphatic carbocycles. The van der Waals surface area contributed by atoms with Crippen molar-refractivity contribution in [3.63, 3.8) is 0 Å². The molecule has 4 aromatic rings. The summed E-state index contributed by atoms with van der Waals surface area (Å²) in [5.41, 5.74) is 12.2. The summed E-state index contributed by atoms with van der Waals surface area (Å²) in [5, 5.41) is 6.72. The summed E-state index contributed by atoms with van der Waals surface area (Å²) in [7, 11) is -0.912. The van der Waals surface area contributed by atoms with Gasteiger partial charge in [-0.1, -0.05) is 146 Å². The van der Waals surface area contributed by atoms with Gasteiger partial charge in [0.1, 0.15) is 0 Å². The van der Waals surface area contributed by atoms with Gasteiger partial charge < -0.3 is 0 Å². The Morgan fingerprint density at radius 1 is 0.405 bits per heavy atom. The lowest BCUT2D eigenvalue weighted by Gasteiger charge is -2.36. The van der Waals surface area contributed by atoms with Crippen LogP contribution in [-0.2, 0) is 0 Å². The van der Waals surface area contributed by atoms with Crippen LogP contribution in [0.5, 0.6) is 0 Å². The zero-order chi connectivity index (χ0) is 28.6. The van der Waals surface area contributed by atoms with Crippen molar-refractivity contribution in [1.82, 2.24) is 0 Å². The lowest BCUT2D eigenvalue weighted by atomic mass is 9.72. The summed E-state index contributed by atoms with van der Waals surface area (Å²) in [6.07, 6.45) is 2.48. The highest BCUT2D eigenvalue weighted by Gasteiger charge is 2.58. The third-order valence-electron chi connectivity index (χ3n) is 10.4. The molecule has 0 saturated heterocycles. The van der Waals surface area contributed by atoms with Gasteiger partial charge in [-0.05, 0) is 96.7 Å². The molecular formula is C40H36P2. The Morgan fingerprint density at radius 2 is 0.690 bits per heavy atom. The number of hydrogen-bond donors (Lipinski definition) is 0. The maximum Gasteiger partial charge on any atom is 0.0198 e. The molecule has 4 aliphatic heterocycles. The molecule has 0 amide bonds. The monoisotopic (exact) mass is 578 g/mol. The summed E-state index contributed by atoms with van der Waals surface area (Å²) in [5.74, 6) is 0. The van der Waals surface area contributed by atoms with Crippen molar-refractivity contribution in [3.05, 3.63) is 165 Å². The van der Waals surface area contributed by atoms with Crippen molar-refractivity contribution in [2.75, 3.05) is 12.3 Å². The third-order valence-corrected chi connectivity index (χ3v) is 16.7. The first-order valence-electron chi connectivity index (χ1n) is 15.1. The fraction of sp³-hybridized carbons (Fsp3) is 0.200. The number of benzene rings is 4. The minimum absolute atomic E-state index is 0.0684. The second-order valence-electron chi connectivity index (χ2n) is 12.7. The SMILES string of the molecule is CC1=C(C2=C(C)[C@@]3(C)C[P@@]2C(c2ccccc2)=C3c2ccccc2)[P@@]2C[C@@]1(C)C(c1ccccc1)=C2c1ccccc1. The predicted molar refractivity (Wildman–Crippen MR) is 185 cm³/mol. The van der Waals surface area contributed by atoms with E-state index in [0.717, 1.165) is 0 Å². The van der Waals surface area contributed by atoms with Gasteiger partial charge in [0, 0.05) is 10.8 Å². The first kappa shape index (κ1) is 26.3.